The van der Waals surface area contributed by atoms with Crippen molar-refractivity contribution in [1.29, 1.82) is 0 Å². The van der Waals surface area contributed by atoms with Crippen LogP contribution in [0.4, 0.5) is 13.2 Å². The van der Waals surface area contributed by atoms with Gasteiger partial charge in [-0.25, -0.2) is 4.79 Å². The van der Waals surface area contributed by atoms with Crippen LogP contribution in [0, 0.1) is 0 Å². The number of hydrogen-bond acceptors (Lipinski definition) is 1. The van der Waals surface area contributed by atoms with Crippen LogP contribution in [-0.2, 0) is 11.0 Å². The van der Waals surface area contributed by atoms with Gasteiger partial charge in [-0.05, 0) is 23.8 Å². The number of carboxylic acids is 1. The smallest absolute Gasteiger partial charge is 0.416 e. The lowest BCUT2D eigenvalue weighted by Gasteiger charge is -2.06. The molecule has 0 aliphatic rings. The van der Waals surface area contributed by atoms with Crippen LogP contribution in [0.5, 0.6) is 0 Å². The molecule has 0 saturated heterocycles. The van der Waals surface area contributed by atoms with Crippen LogP contribution in [0.2, 0.25) is 0 Å². The Hall–Kier alpha value is -1.30. The predicted octanol–water partition coefficient (Wildman–Crippen LogP) is 3.57. The maximum absolute atomic E-state index is 12.3. The van der Waals surface area contributed by atoms with Gasteiger partial charge < -0.3 is 5.11 Å². The largest absolute Gasteiger partial charge is 0.478 e. The highest BCUT2D eigenvalue weighted by molar-refractivity contribution is 9.09. The molecule has 0 atom stereocenters. The van der Waals surface area contributed by atoms with Crippen molar-refractivity contribution in [2.75, 3.05) is 5.33 Å². The normalized spacial score (nSPS) is 12.6. The summed E-state index contributed by atoms with van der Waals surface area (Å²) in [5.41, 5.74) is -0.273. The minimum Gasteiger partial charge on any atom is -0.478 e. The Labute approximate surface area is 104 Å². The van der Waals surface area contributed by atoms with Gasteiger partial charge in [0.25, 0.3) is 0 Å². The molecule has 0 fully saturated rings. The zero-order valence-corrected chi connectivity index (χ0v) is 10.0. The van der Waals surface area contributed by atoms with Gasteiger partial charge >= 0.3 is 12.1 Å². The van der Waals surface area contributed by atoms with Gasteiger partial charge in [0.05, 0.1) is 5.56 Å². The standard InChI is InChI=1S/C11H8BrF3O2/c12-6-8(10(16)17)5-7-1-3-9(4-2-7)11(13,14)15/h1-5H,6H2,(H,16,17). The molecule has 0 aromatic heterocycles. The highest BCUT2D eigenvalue weighted by Gasteiger charge is 2.29. The molecule has 6 heteroatoms. The molecule has 0 spiro atoms. The lowest BCUT2D eigenvalue weighted by molar-refractivity contribution is -0.137. The van der Waals surface area contributed by atoms with Crippen LogP contribution >= 0.6 is 15.9 Å². The zero-order valence-electron chi connectivity index (χ0n) is 8.46. The molecule has 0 unspecified atom stereocenters. The van der Waals surface area contributed by atoms with Crippen molar-refractivity contribution in [3.63, 3.8) is 0 Å². The lowest BCUT2D eigenvalue weighted by atomic mass is 10.1. The van der Waals surface area contributed by atoms with Crippen molar-refractivity contribution < 1.29 is 23.1 Å². The molecule has 0 amide bonds. The van der Waals surface area contributed by atoms with E-state index in [1.54, 1.807) is 0 Å². The Morgan fingerprint density at radius 1 is 1.29 bits per heavy atom. The van der Waals surface area contributed by atoms with Crippen LogP contribution in [0.1, 0.15) is 11.1 Å². The van der Waals surface area contributed by atoms with E-state index in [0.717, 1.165) is 12.1 Å². The highest BCUT2D eigenvalue weighted by Crippen LogP contribution is 2.29. The molecule has 0 aliphatic carbocycles. The molecule has 0 bridgehead atoms. The van der Waals surface area contributed by atoms with Gasteiger partial charge in [-0.15, -0.1) is 0 Å². The molecular formula is C11H8BrF3O2. The summed E-state index contributed by atoms with van der Waals surface area (Å²) in [7, 11) is 0. The van der Waals surface area contributed by atoms with Crippen LogP contribution in [-0.4, -0.2) is 16.4 Å². The summed E-state index contributed by atoms with van der Waals surface area (Å²) in [5, 5.41) is 8.87. The molecule has 1 aromatic rings. The fourth-order valence-corrected chi connectivity index (χ4v) is 1.53. The number of aliphatic carboxylic acids is 1. The summed E-state index contributed by atoms with van der Waals surface area (Å²) in [5.74, 6) is -1.11. The van der Waals surface area contributed by atoms with E-state index in [9.17, 15) is 18.0 Å². The Bertz CT molecular complexity index is 435. The molecule has 2 nitrogen and oxygen atoms in total. The first-order valence-electron chi connectivity index (χ1n) is 4.51. The maximum atomic E-state index is 12.3. The van der Waals surface area contributed by atoms with Gasteiger partial charge in [0.15, 0.2) is 0 Å². The molecule has 0 saturated carbocycles. The second-order valence-corrected chi connectivity index (χ2v) is 3.79. The average molecular weight is 309 g/mol. The minimum atomic E-state index is -4.38. The molecule has 92 valence electrons. The zero-order chi connectivity index (χ0) is 13.1. The molecule has 1 rings (SSSR count). The minimum absolute atomic E-state index is 0.0739. The van der Waals surface area contributed by atoms with Gasteiger partial charge in [-0.3, -0.25) is 0 Å². The van der Waals surface area contributed by atoms with E-state index in [4.69, 9.17) is 5.11 Å². The fraction of sp³-hybridized carbons (Fsp3) is 0.182. The van der Waals surface area contributed by atoms with E-state index in [2.05, 4.69) is 15.9 Å². The SMILES string of the molecule is O=C(O)C(=Cc1ccc(C(F)(F)F)cc1)CBr. The van der Waals surface area contributed by atoms with E-state index in [-0.39, 0.29) is 10.9 Å². The van der Waals surface area contributed by atoms with Gasteiger partial charge in [0.2, 0.25) is 0 Å². The maximum Gasteiger partial charge on any atom is 0.416 e. The van der Waals surface area contributed by atoms with Crippen LogP contribution in [0.25, 0.3) is 6.08 Å². The monoisotopic (exact) mass is 308 g/mol. The second-order valence-electron chi connectivity index (χ2n) is 3.23. The summed E-state index contributed by atoms with van der Waals surface area (Å²) in [6.45, 7) is 0. The number of carboxylic acid groups (broad SMARTS) is 1. The average Bonchev–Trinajstić information content (AvgIpc) is 2.25. The van der Waals surface area contributed by atoms with E-state index < -0.39 is 17.7 Å². The number of alkyl halides is 4. The Morgan fingerprint density at radius 3 is 2.18 bits per heavy atom. The number of rotatable bonds is 3. The summed E-state index contributed by atoms with van der Waals surface area (Å²) >= 11 is 2.99. The van der Waals surface area contributed by atoms with Crippen molar-refractivity contribution in [3.05, 3.63) is 41.0 Å². The topological polar surface area (TPSA) is 37.3 Å². The molecule has 0 heterocycles. The summed E-state index contributed by atoms with van der Waals surface area (Å²) < 4.78 is 36.8. The van der Waals surface area contributed by atoms with E-state index in [0.29, 0.717) is 5.56 Å². The van der Waals surface area contributed by atoms with Crippen molar-refractivity contribution in [3.8, 4) is 0 Å². The summed E-state index contributed by atoms with van der Waals surface area (Å²) in [6.07, 6.45) is -3.06. The van der Waals surface area contributed by atoms with Gasteiger partial charge in [-0.1, -0.05) is 28.1 Å². The van der Waals surface area contributed by atoms with Crippen molar-refractivity contribution >= 4 is 28.0 Å². The Balaban J connectivity index is 3.00. The first-order valence-corrected chi connectivity index (χ1v) is 5.64. The third-order valence-corrected chi connectivity index (χ3v) is 2.60. The summed E-state index contributed by atoms with van der Waals surface area (Å²) in [4.78, 5) is 10.7. The Morgan fingerprint density at radius 2 is 1.82 bits per heavy atom. The predicted molar refractivity (Wildman–Crippen MR) is 60.9 cm³/mol. The lowest BCUT2D eigenvalue weighted by Crippen LogP contribution is -2.04. The fourth-order valence-electron chi connectivity index (χ4n) is 1.13. The first kappa shape index (κ1) is 13.8. The van der Waals surface area contributed by atoms with Gasteiger partial charge in [0, 0.05) is 10.9 Å². The quantitative estimate of drug-likeness (QED) is 0.684. The number of hydrogen-bond donors (Lipinski definition) is 1. The van der Waals surface area contributed by atoms with Crippen molar-refractivity contribution in [1.82, 2.24) is 0 Å². The van der Waals surface area contributed by atoms with Crippen molar-refractivity contribution in [2.45, 2.75) is 6.18 Å². The van der Waals surface area contributed by atoms with E-state index in [1.165, 1.54) is 18.2 Å². The Kier molecular flexibility index (Phi) is 4.34. The van der Waals surface area contributed by atoms with Crippen LogP contribution in [0.3, 0.4) is 0 Å². The molecule has 0 radical (unpaired) electrons. The molecular weight excluding hydrogens is 301 g/mol. The van der Waals surface area contributed by atoms with Crippen molar-refractivity contribution in [2.24, 2.45) is 0 Å². The summed E-state index contributed by atoms with van der Waals surface area (Å²) in [6, 6.07) is 4.29. The van der Waals surface area contributed by atoms with Gasteiger partial charge in [0.1, 0.15) is 0 Å². The third-order valence-electron chi connectivity index (χ3n) is 2.00. The molecule has 17 heavy (non-hydrogen) atoms. The van der Waals surface area contributed by atoms with E-state index in [1.807, 2.05) is 0 Å². The van der Waals surface area contributed by atoms with Gasteiger partial charge in [-0.2, -0.15) is 13.2 Å². The molecule has 1 N–H and O–H groups in total. The third kappa shape index (κ3) is 3.89. The first-order chi connectivity index (χ1) is 7.84. The number of halogens is 4. The number of benzene rings is 1. The molecule has 0 aliphatic heterocycles. The van der Waals surface area contributed by atoms with E-state index >= 15 is 0 Å². The van der Waals surface area contributed by atoms with Crippen LogP contribution in [0.15, 0.2) is 29.8 Å². The number of carbonyl (C=O) groups is 1. The highest BCUT2D eigenvalue weighted by atomic mass is 79.9. The molecule has 1 aromatic carbocycles. The second kappa shape index (κ2) is 5.35. The van der Waals surface area contributed by atoms with Crippen LogP contribution < -0.4 is 0 Å².